The van der Waals surface area contributed by atoms with Crippen LogP contribution in [-0.4, -0.2) is 22.7 Å². The minimum absolute atomic E-state index is 0.0677. The highest BCUT2D eigenvalue weighted by Crippen LogP contribution is 2.17. The number of hydrogen-bond donors (Lipinski definition) is 1. The van der Waals surface area contributed by atoms with E-state index in [0.29, 0.717) is 17.5 Å². The molecule has 3 rings (SSSR count). The van der Waals surface area contributed by atoms with E-state index in [2.05, 4.69) is 15.5 Å². The second-order valence-corrected chi connectivity index (χ2v) is 6.27. The molecule has 0 aliphatic heterocycles. The molecule has 0 saturated heterocycles. The molecule has 0 aliphatic rings. The summed E-state index contributed by atoms with van der Waals surface area (Å²) < 4.78 is 10.7. The predicted octanol–water partition coefficient (Wildman–Crippen LogP) is 3.36. The summed E-state index contributed by atoms with van der Waals surface area (Å²) in [5, 5.41) is 6.66. The zero-order valence-corrected chi connectivity index (χ0v) is 15.1. The Morgan fingerprint density at radius 2 is 1.85 bits per heavy atom. The third kappa shape index (κ3) is 4.69. The Morgan fingerprint density at radius 1 is 1.08 bits per heavy atom. The maximum absolute atomic E-state index is 12.0. The van der Waals surface area contributed by atoms with Crippen LogP contribution in [0.2, 0.25) is 0 Å². The molecule has 0 spiro atoms. The minimum Gasteiger partial charge on any atom is -0.484 e. The van der Waals surface area contributed by atoms with Gasteiger partial charge in [-0.3, -0.25) is 4.79 Å². The normalized spacial score (nSPS) is 10.6. The molecular weight excluding hydrogens is 330 g/mol. The maximum Gasteiger partial charge on any atom is 0.258 e. The van der Waals surface area contributed by atoms with Crippen LogP contribution in [0.25, 0.3) is 11.4 Å². The molecule has 6 heteroatoms. The Kier molecular flexibility index (Phi) is 5.31. The van der Waals surface area contributed by atoms with E-state index in [1.54, 1.807) is 0 Å². The van der Waals surface area contributed by atoms with Gasteiger partial charge in [-0.1, -0.05) is 35.0 Å². The Bertz CT molecular complexity index is 898. The second-order valence-electron chi connectivity index (χ2n) is 6.27. The molecule has 0 aliphatic carbocycles. The molecule has 134 valence electrons. The van der Waals surface area contributed by atoms with Crippen LogP contribution in [-0.2, 0) is 11.3 Å². The van der Waals surface area contributed by atoms with Gasteiger partial charge in [0, 0.05) is 5.56 Å². The van der Waals surface area contributed by atoms with Crippen LogP contribution in [0.15, 0.2) is 47.0 Å². The van der Waals surface area contributed by atoms with E-state index in [4.69, 9.17) is 9.26 Å². The first-order valence-corrected chi connectivity index (χ1v) is 8.37. The Morgan fingerprint density at radius 3 is 2.58 bits per heavy atom. The maximum atomic E-state index is 12.0. The molecule has 0 radical (unpaired) electrons. The van der Waals surface area contributed by atoms with Crippen molar-refractivity contribution in [2.24, 2.45) is 0 Å². The number of carbonyl (C=O) groups is 1. The first-order chi connectivity index (χ1) is 12.5. The fourth-order valence-electron chi connectivity index (χ4n) is 2.62. The average Bonchev–Trinajstić information content (AvgIpc) is 3.06. The minimum atomic E-state index is -0.250. The molecule has 0 saturated carbocycles. The average molecular weight is 351 g/mol. The zero-order valence-electron chi connectivity index (χ0n) is 15.1. The number of nitrogens with one attached hydrogen (secondary N) is 1. The molecule has 0 bridgehead atoms. The van der Waals surface area contributed by atoms with E-state index < -0.39 is 0 Å². The molecule has 26 heavy (non-hydrogen) atoms. The van der Waals surface area contributed by atoms with Crippen molar-refractivity contribution in [3.63, 3.8) is 0 Å². The lowest BCUT2D eigenvalue weighted by Gasteiger charge is -2.08. The van der Waals surface area contributed by atoms with Gasteiger partial charge in [-0.25, -0.2) is 0 Å². The van der Waals surface area contributed by atoms with Crippen molar-refractivity contribution in [2.45, 2.75) is 27.3 Å². The van der Waals surface area contributed by atoms with E-state index in [0.717, 1.165) is 22.3 Å². The first-order valence-electron chi connectivity index (χ1n) is 8.37. The summed E-state index contributed by atoms with van der Waals surface area (Å²) >= 11 is 0. The van der Waals surface area contributed by atoms with Crippen LogP contribution >= 0.6 is 0 Å². The molecule has 1 heterocycles. The lowest BCUT2D eigenvalue weighted by Crippen LogP contribution is -2.28. The van der Waals surface area contributed by atoms with Gasteiger partial charge >= 0.3 is 0 Å². The molecule has 1 amide bonds. The van der Waals surface area contributed by atoms with E-state index >= 15 is 0 Å². The number of aromatic nitrogens is 2. The summed E-state index contributed by atoms with van der Waals surface area (Å²) in [6, 6.07) is 13.7. The van der Waals surface area contributed by atoms with Gasteiger partial charge < -0.3 is 14.6 Å². The first kappa shape index (κ1) is 17.7. The molecule has 0 atom stereocenters. The highest BCUT2D eigenvalue weighted by molar-refractivity contribution is 5.77. The third-order valence-electron chi connectivity index (χ3n) is 3.75. The zero-order chi connectivity index (χ0) is 18.5. The molecule has 2 aromatic carbocycles. The van der Waals surface area contributed by atoms with Crippen LogP contribution in [0, 0.1) is 20.8 Å². The van der Waals surface area contributed by atoms with E-state index in [1.807, 2.05) is 63.2 Å². The van der Waals surface area contributed by atoms with Crippen molar-refractivity contribution in [1.29, 1.82) is 0 Å². The van der Waals surface area contributed by atoms with Crippen molar-refractivity contribution in [3.05, 3.63) is 65.0 Å². The summed E-state index contributed by atoms with van der Waals surface area (Å²) in [6.45, 7) is 6.07. The molecule has 0 fully saturated rings. The van der Waals surface area contributed by atoms with Crippen LogP contribution in [0.5, 0.6) is 5.75 Å². The van der Waals surface area contributed by atoms with Crippen molar-refractivity contribution in [3.8, 4) is 17.1 Å². The number of hydrogen-bond acceptors (Lipinski definition) is 5. The molecular formula is C20H21N3O3. The van der Waals surface area contributed by atoms with E-state index in [1.165, 1.54) is 0 Å². The van der Waals surface area contributed by atoms with Gasteiger partial charge in [0.1, 0.15) is 5.75 Å². The predicted molar refractivity (Wildman–Crippen MR) is 97.7 cm³/mol. The number of benzene rings is 2. The van der Waals surface area contributed by atoms with Gasteiger partial charge in [0.05, 0.1) is 6.54 Å². The molecule has 6 nitrogen and oxygen atoms in total. The highest BCUT2D eigenvalue weighted by atomic mass is 16.5. The standard InChI is InChI=1S/C20H21N3O3/c1-13-5-4-6-16(8-13)20-22-19(26-23-20)11-21-18(24)12-25-17-9-14(2)7-15(3)10-17/h4-10H,11-12H2,1-3H3,(H,21,24). The molecule has 1 aromatic heterocycles. The molecule has 1 N–H and O–H groups in total. The lowest BCUT2D eigenvalue weighted by molar-refractivity contribution is -0.123. The molecule has 0 unspecified atom stereocenters. The smallest absolute Gasteiger partial charge is 0.258 e. The number of nitrogens with zero attached hydrogens (tertiary/aromatic N) is 2. The Balaban J connectivity index is 1.52. The third-order valence-corrected chi connectivity index (χ3v) is 3.75. The number of amides is 1. The van der Waals surface area contributed by atoms with Crippen LogP contribution in [0.1, 0.15) is 22.6 Å². The lowest BCUT2D eigenvalue weighted by atomic mass is 10.1. The number of carbonyl (C=O) groups excluding carboxylic acids is 1. The largest absolute Gasteiger partial charge is 0.484 e. The van der Waals surface area contributed by atoms with Gasteiger partial charge in [-0.15, -0.1) is 0 Å². The highest BCUT2D eigenvalue weighted by Gasteiger charge is 2.10. The summed E-state index contributed by atoms with van der Waals surface area (Å²) in [7, 11) is 0. The van der Waals surface area contributed by atoms with Crippen molar-refractivity contribution >= 4 is 5.91 Å². The Labute approximate surface area is 152 Å². The fourth-order valence-corrected chi connectivity index (χ4v) is 2.62. The van der Waals surface area contributed by atoms with Gasteiger partial charge in [0.2, 0.25) is 11.7 Å². The van der Waals surface area contributed by atoms with Gasteiger partial charge in [-0.2, -0.15) is 4.98 Å². The monoisotopic (exact) mass is 351 g/mol. The van der Waals surface area contributed by atoms with E-state index in [-0.39, 0.29) is 19.1 Å². The second kappa shape index (κ2) is 7.82. The van der Waals surface area contributed by atoms with Crippen molar-refractivity contribution < 1.29 is 14.1 Å². The molecule has 3 aromatic rings. The van der Waals surface area contributed by atoms with Gasteiger partial charge in [-0.05, 0) is 50.1 Å². The quantitative estimate of drug-likeness (QED) is 0.737. The summed E-state index contributed by atoms with van der Waals surface area (Å²) in [5.74, 6) is 1.28. The number of aryl methyl sites for hydroxylation is 3. The van der Waals surface area contributed by atoms with Crippen LogP contribution in [0.4, 0.5) is 0 Å². The topological polar surface area (TPSA) is 77.2 Å². The van der Waals surface area contributed by atoms with E-state index in [9.17, 15) is 4.79 Å². The summed E-state index contributed by atoms with van der Waals surface area (Å²) in [5.41, 5.74) is 4.18. The van der Waals surface area contributed by atoms with Crippen molar-refractivity contribution in [2.75, 3.05) is 6.61 Å². The van der Waals surface area contributed by atoms with Crippen LogP contribution < -0.4 is 10.1 Å². The Hall–Kier alpha value is -3.15. The SMILES string of the molecule is Cc1cc(C)cc(OCC(=O)NCc2nc(-c3cccc(C)c3)no2)c1. The summed E-state index contributed by atoms with van der Waals surface area (Å²) in [4.78, 5) is 16.3. The summed E-state index contributed by atoms with van der Waals surface area (Å²) in [6.07, 6.45) is 0. The number of ether oxygens (including phenoxy) is 1. The fraction of sp³-hybridized carbons (Fsp3) is 0.250. The van der Waals surface area contributed by atoms with Gasteiger partial charge in [0.25, 0.3) is 5.91 Å². The van der Waals surface area contributed by atoms with Crippen molar-refractivity contribution in [1.82, 2.24) is 15.5 Å². The number of rotatable bonds is 6. The van der Waals surface area contributed by atoms with Gasteiger partial charge in [0.15, 0.2) is 6.61 Å². The van der Waals surface area contributed by atoms with Crippen LogP contribution in [0.3, 0.4) is 0 Å².